The molecule has 0 fully saturated rings. The molecule has 2 N–H and O–H groups in total. The van der Waals surface area contributed by atoms with Gasteiger partial charge in [-0.05, 0) is 34.1 Å². The van der Waals surface area contributed by atoms with Crippen LogP contribution < -0.4 is 5.32 Å². The van der Waals surface area contributed by atoms with Crippen molar-refractivity contribution < 1.29 is 19.4 Å². The van der Waals surface area contributed by atoms with Crippen LogP contribution in [0, 0.1) is 11.3 Å². The van der Waals surface area contributed by atoms with E-state index in [1.54, 1.807) is 26.8 Å². The van der Waals surface area contributed by atoms with Crippen molar-refractivity contribution in [1.29, 1.82) is 5.26 Å². The zero-order valence-electron chi connectivity index (χ0n) is 11.7. The molecule has 0 spiro atoms. The second-order valence-corrected chi connectivity index (χ2v) is 5.23. The van der Waals surface area contributed by atoms with Crippen LogP contribution in [-0.2, 0) is 9.53 Å². The maximum absolute atomic E-state index is 11.6. The van der Waals surface area contributed by atoms with Gasteiger partial charge >= 0.3 is 63.4 Å². The van der Waals surface area contributed by atoms with Crippen LogP contribution >= 0.6 is 0 Å². The Morgan fingerprint density at radius 2 is 1.90 bits per heavy atom. The number of alkyl carbamates (subject to hydrolysis) is 1. The van der Waals surface area contributed by atoms with E-state index in [1.165, 1.54) is 13.0 Å². The number of carboxylic acid groups (broad SMARTS) is 1. The van der Waals surface area contributed by atoms with E-state index in [0.717, 1.165) is 0 Å². The number of carbonyl (C=O) groups excluding carboxylic acids is 1. The average Bonchev–Trinajstić information content (AvgIpc) is 2.21. The minimum absolute atomic E-state index is 0. The summed E-state index contributed by atoms with van der Waals surface area (Å²) in [5, 5.41) is 19.8. The number of carboxylic acids is 1. The van der Waals surface area contributed by atoms with Crippen LogP contribution in [-0.4, -0.2) is 79.7 Å². The van der Waals surface area contributed by atoms with Crippen LogP contribution in [0.25, 0.3) is 0 Å². The van der Waals surface area contributed by atoms with E-state index in [2.05, 4.69) is 5.32 Å². The molecule has 0 aliphatic carbocycles. The first-order valence-corrected chi connectivity index (χ1v) is 5.90. The van der Waals surface area contributed by atoms with Gasteiger partial charge in [0.1, 0.15) is 5.60 Å². The number of carbonyl (C=O) groups is 2. The molecule has 7 heteroatoms. The second kappa shape index (κ2) is 9.53. The summed E-state index contributed by atoms with van der Waals surface area (Å²) in [6, 6.07) is 1.94. The molecular weight excluding hydrogens is 287 g/mol. The molecular formula is C13H21KN2O4. The van der Waals surface area contributed by atoms with Gasteiger partial charge in [-0.25, -0.2) is 9.59 Å². The van der Waals surface area contributed by atoms with Crippen molar-refractivity contribution in [3.05, 3.63) is 12.2 Å². The zero-order chi connectivity index (χ0) is 15.1. The molecule has 0 aliphatic rings. The van der Waals surface area contributed by atoms with Crippen LogP contribution in [0.1, 0.15) is 40.5 Å². The Kier molecular flexibility index (Phi) is 10.4. The monoisotopic (exact) mass is 308 g/mol. The third-order valence-corrected chi connectivity index (χ3v) is 2.08. The average molecular weight is 308 g/mol. The van der Waals surface area contributed by atoms with Gasteiger partial charge in [0.05, 0.1) is 6.07 Å². The van der Waals surface area contributed by atoms with Crippen LogP contribution in [0.15, 0.2) is 12.2 Å². The standard InChI is InChI=1S/C13H20N2O4.K.H/c1-12(2,3)19-11(18)15-13(4,10(16)17)8-6-5-7-9-14;;/h6,8H,5,7H2,1-4H3,(H,15,18)(H,16,17);;. The van der Waals surface area contributed by atoms with Gasteiger partial charge < -0.3 is 15.2 Å². The minimum atomic E-state index is -1.56. The third kappa shape index (κ3) is 9.50. The molecule has 1 atom stereocenters. The molecule has 108 valence electrons. The molecule has 0 aromatic heterocycles. The zero-order valence-corrected chi connectivity index (χ0v) is 11.7. The number of nitriles is 1. The van der Waals surface area contributed by atoms with Gasteiger partial charge in [-0.2, -0.15) is 5.26 Å². The van der Waals surface area contributed by atoms with Crippen LogP contribution in [0.4, 0.5) is 4.79 Å². The first-order valence-electron chi connectivity index (χ1n) is 5.90. The molecule has 0 bridgehead atoms. The second-order valence-electron chi connectivity index (χ2n) is 5.23. The Morgan fingerprint density at radius 3 is 2.30 bits per heavy atom. The van der Waals surface area contributed by atoms with Gasteiger partial charge in [-0.15, -0.1) is 0 Å². The summed E-state index contributed by atoms with van der Waals surface area (Å²) in [4.78, 5) is 22.8. The SMILES string of the molecule is CC(C)(C)OC(=O)NC(C)(C=CCCC#N)C(=O)O.[KH]. The van der Waals surface area contributed by atoms with Crippen molar-refractivity contribution in [1.82, 2.24) is 5.32 Å². The molecule has 20 heavy (non-hydrogen) atoms. The number of unbranched alkanes of at least 4 members (excludes halogenated alkanes) is 1. The fourth-order valence-corrected chi connectivity index (χ4v) is 1.15. The summed E-state index contributed by atoms with van der Waals surface area (Å²) in [5.41, 5.74) is -2.26. The topological polar surface area (TPSA) is 99.4 Å². The van der Waals surface area contributed by atoms with Gasteiger partial charge in [-0.1, -0.05) is 12.2 Å². The summed E-state index contributed by atoms with van der Waals surface area (Å²) in [6.07, 6.45) is 2.81. The summed E-state index contributed by atoms with van der Waals surface area (Å²) >= 11 is 0. The van der Waals surface area contributed by atoms with E-state index >= 15 is 0 Å². The number of allylic oxidation sites excluding steroid dienone is 1. The number of ether oxygens (including phenoxy) is 1. The number of aliphatic carboxylic acids is 1. The van der Waals surface area contributed by atoms with Crippen LogP contribution in [0.3, 0.4) is 0 Å². The fourth-order valence-electron chi connectivity index (χ4n) is 1.15. The quantitative estimate of drug-likeness (QED) is 0.456. The Bertz CT molecular complexity index is 410. The number of rotatable bonds is 5. The van der Waals surface area contributed by atoms with Gasteiger partial charge in [0.2, 0.25) is 0 Å². The first-order chi connectivity index (χ1) is 8.60. The van der Waals surface area contributed by atoms with Crippen molar-refractivity contribution >= 4 is 63.4 Å². The number of hydrogen-bond donors (Lipinski definition) is 2. The molecule has 0 radical (unpaired) electrons. The third-order valence-electron chi connectivity index (χ3n) is 2.08. The van der Waals surface area contributed by atoms with E-state index < -0.39 is 23.2 Å². The van der Waals surface area contributed by atoms with E-state index in [1.807, 2.05) is 6.07 Å². The van der Waals surface area contributed by atoms with Crippen molar-refractivity contribution in [3.8, 4) is 6.07 Å². The van der Waals surface area contributed by atoms with Crippen molar-refractivity contribution in [2.75, 3.05) is 0 Å². The number of amides is 1. The van der Waals surface area contributed by atoms with E-state index in [-0.39, 0.29) is 51.4 Å². The normalized spacial score (nSPS) is 13.8. The molecule has 0 heterocycles. The van der Waals surface area contributed by atoms with Crippen molar-refractivity contribution in [3.63, 3.8) is 0 Å². The van der Waals surface area contributed by atoms with Gasteiger partial charge in [0.15, 0.2) is 5.54 Å². The summed E-state index contributed by atoms with van der Waals surface area (Å²) in [5.74, 6) is -1.20. The molecule has 1 unspecified atom stereocenters. The van der Waals surface area contributed by atoms with Crippen molar-refractivity contribution in [2.24, 2.45) is 0 Å². The summed E-state index contributed by atoms with van der Waals surface area (Å²) in [7, 11) is 0. The molecule has 6 nitrogen and oxygen atoms in total. The molecule has 0 aromatic carbocycles. The Hall–Kier alpha value is -0.394. The predicted octanol–water partition coefficient (Wildman–Crippen LogP) is 1.57. The maximum atomic E-state index is 11.6. The Morgan fingerprint density at radius 1 is 1.35 bits per heavy atom. The Balaban J connectivity index is 0. The van der Waals surface area contributed by atoms with Crippen LogP contribution in [0.5, 0.6) is 0 Å². The number of nitrogens with one attached hydrogen (secondary N) is 1. The van der Waals surface area contributed by atoms with E-state index in [4.69, 9.17) is 15.1 Å². The van der Waals surface area contributed by atoms with Crippen molar-refractivity contribution in [2.45, 2.75) is 51.7 Å². The summed E-state index contributed by atoms with van der Waals surface area (Å²) < 4.78 is 5.01. The summed E-state index contributed by atoms with van der Waals surface area (Å²) in [6.45, 7) is 6.41. The van der Waals surface area contributed by atoms with E-state index in [0.29, 0.717) is 12.8 Å². The van der Waals surface area contributed by atoms with Gasteiger partial charge in [-0.3, -0.25) is 0 Å². The number of hydrogen-bond acceptors (Lipinski definition) is 4. The molecule has 0 saturated carbocycles. The molecule has 0 saturated heterocycles. The molecule has 0 aromatic rings. The predicted molar refractivity (Wildman–Crippen MR) is 76.5 cm³/mol. The fraction of sp³-hybridized carbons (Fsp3) is 0.615. The van der Waals surface area contributed by atoms with Gasteiger partial charge in [0, 0.05) is 6.42 Å². The number of nitrogens with zero attached hydrogens (tertiary/aromatic N) is 1. The first kappa shape index (κ1) is 21.9. The van der Waals surface area contributed by atoms with Gasteiger partial charge in [0.25, 0.3) is 0 Å². The molecule has 0 rings (SSSR count). The Labute approximate surface area is 162 Å². The molecule has 1 amide bonds. The van der Waals surface area contributed by atoms with Crippen LogP contribution in [0.2, 0.25) is 0 Å². The van der Waals surface area contributed by atoms with E-state index in [9.17, 15) is 9.59 Å². The molecule has 0 aliphatic heterocycles.